The number of alkyl halides is 2. The van der Waals surface area contributed by atoms with E-state index in [2.05, 4.69) is 17.0 Å². The van der Waals surface area contributed by atoms with Gasteiger partial charge in [0.1, 0.15) is 5.75 Å². The summed E-state index contributed by atoms with van der Waals surface area (Å²) in [5.74, 6) is 0.157. The van der Waals surface area contributed by atoms with Crippen molar-refractivity contribution in [3.05, 3.63) is 65.2 Å². The number of aliphatic hydroxyl groups is 1. The summed E-state index contributed by atoms with van der Waals surface area (Å²) in [6.45, 7) is -0.117. The maximum Gasteiger partial charge on any atom is 0.387 e. The lowest BCUT2D eigenvalue weighted by molar-refractivity contribution is -0.0498. The molecule has 1 atom stereocenters. The van der Waals surface area contributed by atoms with Crippen LogP contribution in [0, 0.1) is 0 Å². The number of hydrogen-bond acceptors (Lipinski definition) is 3. The van der Waals surface area contributed by atoms with E-state index in [1.807, 2.05) is 24.3 Å². The summed E-state index contributed by atoms with van der Waals surface area (Å²) in [7, 11) is 0. The van der Waals surface area contributed by atoms with Crippen LogP contribution < -0.4 is 10.1 Å². The van der Waals surface area contributed by atoms with E-state index >= 15 is 0 Å². The summed E-state index contributed by atoms with van der Waals surface area (Å²) >= 11 is 0. The molecule has 5 heteroatoms. The van der Waals surface area contributed by atoms with Gasteiger partial charge < -0.3 is 15.2 Å². The molecule has 0 saturated heterocycles. The molecule has 0 aliphatic heterocycles. The molecule has 0 amide bonds. The molecule has 2 rings (SSSR count). The van der Waals surface area contributed by atoms with Crippen LogP contribution in [0.3, 0.4) is 0 Å². The van der Waals surface area contributed by atoms with Crippen molar-refractivity contribution in [3.63, 3.8) is 0 Å². The second kappa shape index (κ2) is 8.60. The second-order valence-corrected chi connectivity index (χ2v) is 5.22. The lowest BCUT2D eigenvalue weighted by atomic mass is 10.0. The Morgan fingerprint density at radius 3 is 2.26 bits per heavy atom. The fraction of sp³-hybridized carbons (Fsp3) is 0.333. The predicted molar refractivity (Wildman–Crippen MR) is 85.3 cm³/mol. The van der Waals surface area contributed by atoms with E-state index in [-0.39, 0.29) is 18.4 Å². The third-order valence-electron chi connectivity index (χ3n) is 3.74. The Labute approximate surface area is 134 Å². The SMILES string of the molecule is CCC(NCc1ccccc1CO)c1ccc(OC(F)F)cc1. The van der Waals surface area contributed by atoms with Gasteiger partial charge in [0.25, 0.3) is 0 Å². The van der Waals surface area contributed by atoms with Gasteiger partial charge in [0.15, 0.2) is 0 Å². The summed E-state index contributed by atoms with van der Waals surface area (Å²) in [5, 5.41) is 12.8. The highest BCUT2D eigenvalue weighted by molar-refractivity contribution is 5.30. The largest absolute Gasteiger partial charge is 0.435 e. The first-order valence-electron chi connectivity index (χ1n) is 7.59. The third kappa shape index (κ3) is 5.01. The molecule has 23 heavy (non-hydrogen) atoms. The number of nitrogens with one attached hydrogen (secondary N) is 1. The number of benzene rings is 2. The predicted octanol–water partition coefficient (Wildman–Crippen LogP) is 4.02. The minimum absolute atomic E-state index is 0.00824. The van der Waals surface area contributed by atoms with Crippen molar-refractivity contribution in [2.75, 3.05) is 0 Å². The van der Waals surface area contributed by atoms with Gasteiger partial charge in [-0.15, -0.1) is 0 Å². The minimum atomic E-state index is -2.81. The number of ether oxygens (including phenoxy) is 1. The fourth-order valence-corrected chi connectivity index (χ4v) is 2.50. The van der Waals surface area contributed by atoms with E-state index in [4.69, 9.17) is 0 Å². The normalized spacial score (nSPS) is 12.4. The molecule has 3 nitrogen and oxygen atoms in total. The van der Waals surface area contributed by atoms with Gasteiger partial charge in [-0.2, -0.15) is 8.78 Å². The Kier molecular flexibility index (Phi) is 6.50. The van der Waals surface area contributed by atoms with Crippen LogP contribution in [0.15, 0.2) is 48.5 Å². The van der Waals surface area contributed by atoms with E-state index in [1.54, 1.807) is 24.3 Å². The van der Waals surface area contributed by atoms with E-state index in [9.17, 15) is 13.9 Å². The summed E-state index contributed by atoms with van der Waals surface area (Å²) in [6.07, 6.45) is 0.857. The average molecular weight is 321 g/mol. The molecule has 2 N–H and O–H groups in total. The molecule has 0 fully saturated rings. The van der Waals surface area contributed by atoms with E-state index in [0.717, 1.165) is 23.1 Å². The molecule has 0 radical (unpaired) electrons. The lowest BCUT2D eigenvalue weighted by Crippen LogP contribution is -2.21. The zero-order valence-electron chi connectivity index (χ0n) is 13.0. The highest BCUT2D eigenvalue weighted by Gasteiger charge is 2.11. The molecule has 0 saturated carbocycles. The number of hydrogen-bond donors (Lipinski definition) is 2. The smallest absolute Gasteiger partial charge is 0.387 e. The third-order valence-corrected chi connectivity index (χ3v) is 3.74. The molecule has 0 aliphatic carbocycles. The molecule has 0 spiro atoms. The van der Waals surface area contributed by atoms with E-state index in [1.165, 1.54) is 0 Å². The maximum atomic E-state index is 12.2. The van der Waals surface area contributed by atoms with Gasteiger partial charge in [0.2, 0.25) is 0 Å². The van der Waals surface area contributed by atoms with Crippen LogP contribution in [0.2, 0.25) is 0 Å². The van der Waals surface area contributed by atoms with Crippen molar-refractivity contribution in [1.29, 1.82) is 0 Å². The Hall–Kier alpha value is -1.98. The van der Waals surface area contributed by atoms with Crippen molar-refractivity contribution in [2.45, 2.75) is 39.1 Å². The lowest BCUT2D eigenvalue weighted by Gasteiger charge is -2.19. The highest BCUT2D eigenvalue weighted by atomic mass is 19.3. The standard InChI is InChI=1S/C18H21F2NO2/c1-2-17(13-7-9-16(10-8-13)23-18(19)20)21-11-14-5-3-4-6-15(14)12-22/h3-10,17-18,21-22H,2,11-12H2,1H3. The Morgan fingerprint density at radius 2 is 1.70 bits per heavy atom. The van der Waals surface area contributed by atoms with Gasteiger partial charge in [-0.25, -0.2) is 0 Å². The average Bonchev–Trinajstić information content (AvgIpc) is 2.56. The molecule has 0 aliphatic rings. The van der Waals surface area contributed by atoms with Gasteiger partial charge in [0.05, 0.1) is 6.61 Å². The van der Waals surface area contributed by atoms with Gasteiger partial charge in [-0.05, 0) is 35.2 Å². The van der Waals surface area contributed by atoms with E-state index < -0.39 is 6.61 Å². The number of rotatable bonds is 8. The molecule has 1 unspecified atom stereocenters. The van der Waals surface area contributed by atoms with Gasteiger partial charge in [0, 0.05) is 12.6 Å². The molecule has 0 aromatic heterocycles. The first kappa shape index (κ1) is 17.4. The first-order chi connectivity index (χ1) is 11.1. The Morgan fingerprint density at radius 1 is 1.04 bits per heavy atom. The van der Waals surface area contributed by atoms with Crippen LogP contribution >= 0.6 is 0 Å². The van der Waals surface area contributed by atoms with Crippen molar-refractivity contribution in [2.24, 2.45) is 0 Å². The summed E-state index contributed by atoms with van der Waals surface area (Å²) in [4.78, 5) is 0. The van der Waals surface area contributed by atoms with Crippen molar-refractivity contribution in [3.8, 4) is 5.75 Å². The first-order valence-corrected chi connectivity index (χ1v) is 7.59. The van der Waals surface area contributed by atoms with Gasteiger partial charge in [-0.3, -0.25) is 0 Å². The number of halogens is 2. The van der Waals surface area contributed by atoms with Crippen molar-refractivity contribution >= 4 is 0 Å². The molecule has 0 heterocycles. The Bertz CT molecular complexity index is 602. The topological polar surface area (TPSA) is 41.5 Å². The van der Waals surface area contributed by atoms with Crippen molar-refractivity contribution in [1.82, 2.24) is 5.32 Å². The Balaban J connectivity index is 2.02. The molecule has 2 aromatic rings. The maximum absolute atomic E-state index is 12.2. The highest BCUT2D eigenvalue weighted by Crippen LogP contribution is 2.22. The second-order valence-electron chi connectivity index (χ2n) is 5.22. The molecular weight excluding hydrogens is 300 g/mol. The van der Waals surface area contributed by atoms with Crippen LogP contribution in [-0.2, 0) is 13.2 Å². The quantitative estimate of drug-likeness (QED) is 0.771. The van der Waals surface area contributed by atoms with Crippen LogP contribution in [0.25, 0.3) is 0 Å². The molecule has 0 bridgehead atoms. The summed E-state index contributed by atoms with van der Waals surface area (Å²) in [5.41, 5.74) is 2.96. The van der Waals surface area contributed by atoms with Gasteiger partial charge in [-0.1, -0.05) is 43.3 Å². The van der Waals surface area contributed by atoms with Crippen LogP contribution in [-0.4, -0.2) is 11.7 Å². The molecule has 124 valence electrons. The van der Waals surface area contributed by atoms with Crippen molar-refractivity contribution < 1.29 is 18.6 Å². The monoisotopic (exact) mass is 321 g/mol. The van der Waals surface area contributed by atoms with Gasteiger partial charge >= 0.3 is 6.61 Å². The zero-order chi connectivity index (χ0) is 16.7. The minimum Gasteiger partial charge on any atom is -0.435 e. The summed E-state index contributed by atoms with van der Waals surface area (Å²) < 4.78 is 28.7. The van der Waals surface area contributed by atoms with Crippen LogP contribution in [0.4, 0.5) is 8.78 Å². The fourth-order valence-electron chi connectivity index (χ4n) is 2.50. The number of aliphatic hydroxyl groups excluding tert-OH is 1. The molecular formula is C18H21F2NO2. The summed E-state index contributed by atoms with van der Waals surface area (Å²) in [6, 6.07) is 14.5. The van der Waals surface area contributed by atoms with Crippen LogP contribution in [0.5, 0.6) is 5.75 Å². The van der Waals surface area contributed by atoms with Crippen LogP contribution in [0.1, 0.15) is 36.1 Å². The molecule has 2 aromatic carbocycles. The van der Waals surface area contributed by atoms with E-state index in [0.29, 0.717) is 6.54 Å². The zero-order valence-corrected chi connectivity index (χ0v) is 13.0.